The third kappa shape index (κ3) is 5.18. The lowest BCUT2D eigenvalue weighted by Gasteiger charge is -2.47. The maximum atomic E-state index is 14.2. The molecule has 1 aromatic heterocycles. The van der Waals surface area contributed by atoms with Crippen LogP contribution in [0.3, 0.4) is 0 Å². The van der Waals surface area contributed by atoms with E-state index in [1.165, 1.54) is 6.07 Å². The van der Waals surface area contributed by atoms with E-state index in [0.29, 0.717) is 43.5 Å². The van der Waals surface area contributed by atoms with Crippen LogP contribution in [-0.4, -0.2) is 52.3 Å². The molecule has 0 unspecified atom stereocenters. The predicted molar refractivity (Wildman–Crippen MR) is 135 cm³/mol. The third-order valence-corrected chi connectivity index (χ3v) is 8.31. The number of hydrogen-bond donors (Lipinski definition) is 2. The lowest BCUT2D eigenvalue weighted by Crippen LogP contribution is -2.52. The number of piperidine rings is 1. The fraction of sp³-hybridized carbons (Fsp3) is 0.448. The van der Waals surface area contributed by atoms with Crippen molar-refractivity contribution in [3.63, 3.8) is 0 Å². The minimum Gasteiger partial charge on any atom is -0.497 e. The minimum absolute atomic E-state index is 0.0364. The van der Waals surface area contributed by atoms with Crippen LogP contribution in [0.4, 0.5) is 8.78 Å². The van der Waals surface area contributed by atoms with Gasteiger partial charge in [0.25, 0.3) is 0 Å². The van der Waals surface area contributed by atoms with Crippen LogP contribution >= 0.6 is 0 Å². The normalized spacial score (nSPS) is 25.0. The van der Waals surface area contributed by atoms with Gasteiger partial charge in [-0.05, 0) is 91.9 Å². The summed E-state index contributed by atoms with van der Waals surface area (Å²) in [5, 5.41) is 21.8. The van der Waals surface area contributed by atoms with Crippen molar-refractivity contribution in [2.75, 3.05) is 20.2 Å². The summed E-state index contributed by atoms with van der Waals surface area (Å²) < 4.78 is 33.1. The number of ether oxygens (including phenoxy) is 1. The molecule has 1 saturated carbocycles. The van der Waals surface area contributed by atoms with E-state index < -0.39 is 29.6 Å². The van der Waals surface area contributed by atoms with E-state index in [0.717, 1.165) is 35.5 Å². The maximum absolute atomic E-state index is 14.2. The summed E-state index contributed by atoms with van der Waals surface area (Å²) in [5.74, 6) is -2.34. The van der Waals surface area contributed by atoms with E-state index in [2.05, 4.69) is 9.88 Å². The van der Waals surface area contributed by atoms with Gasteiger partial charge in [0.05, 0.1) is 24.6 Å². The van der Waals surface area contributed by atoms with Crippen LogP contribution in [0.2, 0.25) is 0 Å². The first kappa shape index (κ1) is 25.5. The Morgan fingerprint density at radius 2 is 2.03 bits per heavy atom. The standard InChI is InChI=1S/C29H32F2N2O4/c1-37-20-6-7-26-23(15-20)22(9-11-32-26)27(34)8-5-17-10-12-33(16-24(17)29(35)36)19-13-18(14-19)21-3-2-4-25(30)28(21)31/h2-4,6-7,9,11,15,17-19,24,27,34H,5,8,10,12-14,16H2,1H3,(H,35,36)/t17-,18?,19?,24+,27+/m1/s1. The number of pyridine rings is 1. The number of carboxylic acids is 1. The van der Waals surface area contributed by atoms with Gasteiger partial charge in [-0.2, -0.15) is 0 Å². The molecule has 2 aromatic carbocycles. The monoisotopic (exact) mass is 510 g/mol. The number of carbonyl (C=O) groups is 1. The first-order valence-electron chi connectivity index (χ1n) is 12.9. The van der Waals surface area contributed by atoms with Crippen LogP contribution in [0.5, 0.6) is 5.75 Å². The van der Waals surface area contributed by atoms with E-state index >= 15 is 0 Å². The van der Waals surface area contributed by atoms with Gasteiger partial charge in [-0.1, -0.05) is 12.1 Å². The van der Waals surface area contributed by atoms with Crippen molar-refractivity contribution in [2.45, 2.75) is 50.2 Å². The molecule has 0 amide bonds. The summed E-state index contributed by atoms with van der Waals surface area (Å²) in [5.41, 5.74) is 1.94. The number of methoxy groups -OCH3 is 1. The Bertz CT molecular complexity index is 1280. The van der Waals surface area contributed by atoms with Gasteiger partial charge in [-0.3, -0.25) is 14.7 Å². The van der Waals surface area contributed by atoms with E-state index in [1.54, 1.807) is 25.4 Å². The molecule has 2 heterocycles. The number of hydrogen-bond acceptors (Lipinski definition) is 5. The third-order valence-electron chi connectivity index (χ3n) is 8.31. The van der Waals surface area contributed by atoms with Crippen LogP contribution in [0.25, 0.3) is 10.9 Å². The second-order valence-electron chi connectivity index (χ2n) is 10.3. The molecule has 1 saturated heterocycles. The smallest absolute Gasteiger partial charge is 0.308 e. The number of halogens is 2. The van der Waals surface area contributed by atoms with Gasteiger partial charge in [0, 0.05) is 24.2 Å². The Hall–Kier alpha value is -3.10. The van der Waals surface area contributed by atoms with Gasteiger partial charge >= 0.3 is 5.97 Å². The Labute approximate surface area is 214 Å². The second kappa shape index (κ2) is 10.7. The van der Waals surface area contributed by atoms with Crippen LogP contribution in [-0.2, 0) is 4.79 Å². The van der Waals surface area contributed by atoms with Crippen molar-refractivity contribution >= 4 is 16.9 Å². The molecule has 1 aliphatic carbocycles. The van der Waals surface area contributed by atoms with Crippen molar-refractivity contribution in [3.05, 3.63) is 71.4 Å². The zero-order chi connectivity index (χ0) is 26.1. The van der Waals surface area contributed by atoms with Crippen LogP contribution in [0, 0.1) is 23.5 Å². The lowest BCUT2D eigenvalue weighted by atomic mass is 9.73. The molecule has 3 atom stereocenters. The van der Waals surface area contributed by atoms with Gasteiger partial charge in [0.1, 0.15) is 5.75 Å². The summed E-state index contributed by atoms with van der Waals surface area (Å²) in [6.07, 6.45) is 4.12. The van der Waals surface area contributed by atoms with Crippen molar-refractivity contribution in [2.24, 2.45) is 11.8 Å². The van der Waals surface area contributed by atoms with Crippen LogP contribution in [0.15, 0.2) is 48.7 Å². The molecule has 8 heteroatoms. The number of nitrogens with zero attached hydrogens (tertiary/aromatic N) is 2. The van der Waals surface area contributed by atoms with E-state index in [-0.39, 0.29) is 17.9 Å². The number of aromatic nitrogens is 1. The Balaban J connectivity index is 1.20. The molecule has 0 bridgehead atoms. The number of fused-ring (bicyclic) bond motifs is 1. The summed E-state index contributed by atoms with van der Waals surface area (Å²) in [7, 11) is 1.59. The number of carboxylic acid groups (broad SMARTS) is 1. The molecule has 3 aromatic rings. The molecule has 0 spiro atoms. The van der Waals surface area contributed by atoms with Crippen molar-refractivity contribution in [3.8, 4) is 5.75 Å². The van der Waals surface area contributed by atoms with Crippen molar-refractivity contribution in [1.82, 2.24) is 9.88 Å². The molecule has 5 rings (SSSR count). The number of benzene rings is 2. The number of aliphatic hydroxyl groups excluding tert-OH is 1. The number of rotatable bonds is 8. The summed E-state index contributed by atoms with van der Waals surface area (Å²) in [6.45, 7) is 1.21. The molecule has 6 nitrogen and oxygen atoms in total. The minimum atomic E-state index is -0.825. The van der Waals surface area contributed by atoms with Gasteiger partial charge in [0.15, 0.2) is 11.6 Å². The van der Waals surface area contributed by atoms with Gasteiger partial charge in [0.2, 0.25) is 0 Å². The molecule has 37 heavy (non-hydrogen) atoms. The number of likely N-dealkylation sites (tertiary alicyclic amines) is 1. The SMILES string of the molecule is COc1ccc2nccc([C@@H](O)CC[C@@H]3CCN(C4CC(c5cccc(F)c5F)C4)C[C@@H]3C(=O)O)c2c1. The second-order valence-corrected chi connectivity index (χ2v) is 10.3. The highest BCUT2D eigenvalue weighted by Gasteiger charge is 2.42. The topological polar surface area (TPSA) is 82.9 Å². The fourth-order valence-corrected chi connectivity index (χ4v) is 6.05. The Morgan fingerprint density at radius 3 is 2.78 bits per heavy atom. The Kier molecular flexibility index (Phi) is 7.40. The number of aliphatic carboxylic acids is 1. The quantitative estimate of drug-likeness (QED) is 0.428. The van der Waals surface area contributed by atoms with Crippen LogP contribution < -0.4 is 4.74 Å². The van der Waals surface area contributed by atoms with Crippen molar-refractivity contribution in [1.29, 1.82) is 0 Å². The number of aliphatic hydroxyl groups is 1. The Morgan fingerprint density at radius 1 is 1.22 bits per heavy atom. The van der Waals surface area contributed by atoms with Crippen LogP contribution in [0.1, 0.15) is 55.3 Å². The summed E-state index contributed by atoms with van der Waals surface area (Å²) in [6, 6.07) is 11.8. The molecule has 2 aliphatic rings. The highest BCUT2D eigenvalue weighted by molar-refractivity contribution is 5.83. The maximum Gasteiger partial charge on any atom is 0.308 e. The lowest BCUT2D eigenvalue weighted by molar-refractivity contribution is -0.147. The molecule has 2 N–H and O–H groups in total. The van der Waals surface area contributed by atoms with E-state index in [1.807, 2.05) is 18.2 Å². The van der Waals surface area contributed by atoms with E-state index in [4.69, 9.17) is 4.74 Å². The van der Waals surface area contributed by atoms with Gasteiger partial charge in [-0.15, -0.1) is 0 Å². The molecule has 196 valence electrons. The van der Waals surface area contributed by atoms with Gasteiger partial charge < -0.3 is 14.9 Å². The fourth-order valence-electron chi connectivity index (χ4n) is 6.05. The highest BCUT2D eigenvalue weighted by Crippen LogP contribution is 2.43. The first-order chi connectivity index (χ1) is 17.9. The molecular weight excluding hydrogens is 478 g/mol. The summed E-state index contributed by atoms with van der Waals surface area (Å²) >= 11 is 0. The largest absolute Gasteiger partial charge is 0.497 e. The average molecular weight is 511 g/mol. The summed E-state index contributed by atoms with van der Waals surface area (Å²) in [4.78, 5) is 18.7. The molecule has 1 aliphatic heterocycles. The first-order valence-corrected chi connectivity index (χ1v) is 12.9. The average Bonchev–Trinajstić information content (AvgIpc) is 2.88. The highest BCUT2D eigenvalue weighted by atomic mass is 19.2. The molecule has 2 fully saturated rings. The predicted octanol–water partition coefficient (Wildman–Crippen LogP) is 5.30. The van der Waals surface area contributed by atoms with Gasteiger partial charge in [-0.25, -0.2) is 8.78 Å². The molecular formula is C29H32F2N2O4. The zero-order valence-corrected chi connectivity index (χ0v) is 20.8. The zero-order valence-electron chi connectivity index (χ0n) is 20.8. The van der Waals surface area contributed by atoms with Crippen molar-refractivity contribution < 1.29 is 28.5 Å². The van der Waals surface area contributed by atoms with E-state index in [9.17, 15) is 23.8 Å². The molecule has 0 radical (unpaired) electrons.